The lowest BCUT2D eigenvalue weighted by atomic mass is 10.1. The van der Waals surface area contributed by atoms with E-state index in [0.29, 0.717) is 16.9 Å². The molecule has 0 aliphatic rings. The Morgan fingerprint density at radius 2 is 2.05 bits per heavy atom. The van der Waals surface area contributed by atoms with Gasteiger partial charge < -0.3 is 5.73 Å². The fourth-order valence-electron chi connectivity index (χ4n) is 2.20. The SMILES string of the molecule is C[C@@H](c1ccccc1F)n1ncc2c(N)ccnc21. The summed E-state index contributed by atoms with van der Waals surface area (Å²) >= 11 is 0. The van der Waals surface area contributed by atoms with E-state index in [2.05, 4.69) is 10.1 Å². The molecule has 0 saturated carbocycles. The van der Waals surface area contributed by atoms with Gasteiger partial charge in [-0.2, -0.15) is 5.10 Å². The van der Waals surface area contributed by atoms with Crippen LogP contribution in [0.5, 0.6) is 0 Å². The first kappa shape index (κ1) is 11.6. The summed E-state index contributed by atoms with van der Waals surface area (Å²) in [6, 6.07) is 8.15. The largest absolute Gasteiger partial charge is 0.398 e. The lowest BCUT2D eigenvalue weighted by Crippen LogP contribution is -2.10. The van der Waals surface area contributed by atoms with Gasteiger partial charge in [0.05, 0.1) is 17.6 Å². The molecule has 3 rings (SSSR count). The van der Waals surface area contributed by atoms with Crippen molar-refractivity contribution in [1.29, 1.82) is 0 Å². The highest BCUT2D eigenvalue weighted by molar-refractivity contribution is 5.87. The molecule has 0 amide bonds. The van der Waals surface area contributed by atoms with Crippen LogP contribution < -0.4 is 5.73 Å². The molecule has 0 bridgehead atoms. The molecule has 4 nitrogen and oxygen atoms in total. The second-order valence-electron chi connectivity index (χ2n) is 4.42. The first-order chi connectivity index (χ1) is 9.18. The highest BCUT2D eigenvalue weighted by Gasteiger charge is 2.16. The predicted octanol–water partition coefficient (Wildman–Crippen LogP) is 2.76. The number of anilines is 1. The third kappa shape index (κ3) is 1.83. The Morgan fingerprint density at radius 3 is 2.84 bits per heavy atom. The standard InChI is InChI=1S/C14H13FN4/c1-9(10-4-2-3-5-12(10)15)19-14-11(8-18-19)13(16)6-7-17-14/h2-9H,1H3,(H2,16,17)/t9-/m0/s1. The van der Waals surface area contributed by atoms with Crippen LogP contribution in [0.2, 0.25) is 0 Å². The van der Waals surface area contributed by atoms with Crippen molar-refractivity contribution in [3.63, 3.8) is 0 Å². The van der Waals surface area contributed by atoms with Crippen molar-refractivity contribution in [2.24, 2.45) is 0 Å². The molecule has 0 fully saturated rings. The van der Waals surface area contributed by atoms with Gasteiger partial charge in [0.25, 0.3) is 0 Å². The van der Waals surface area contributed by atoms with Crippen LogP contribution in [0.25, 0.3) is 11.0 Å². The predicted molar refractivity (Wildman–Crippen MR) is 72.2 cm³/mol. The molecule has 19 heavy (non-hydrogen) atoms. The second-order valence-corrected chi connectivity index (χ2v) is 4.42. The van der Waals surface area contributed by atoms with E-state index in [1.165, 1.54) is 6.07 Å². The minimum atomic E-state index is -0.248. The molecule has 0 saturated heterocycles. The highest BCUT2D eigenvalue weighted by atomic mass is 19.1. The number of aromatic nitrogens is 3. The fourth-order valence-corrected chi connectivity index (χ4v) is 2.20. The molecule has 5 heteroatoms. The van der Waals surface area contributed by atoms with Gasteiger partial charge in [0.1, 0.15) is 5.82 Å². The van der Waals surface area contributed by atoms with Crippen molar-refractivity contribution in [2.45, 2.75) is 13.0 Å². The topological polar surface area (TPSA) is 56.7 Å². The zero-order chi connectivity index (χ0) is 13.4. The molecular weight excluding hydrogens is 243 g/mol. The van der Waals surface area contributed by atoms with Crippen LogP contribution in [-0.2, 0) is 0 Å². The van der Waals surface area contributed by atoms with Crippen LogP contribution >= 0.6 is 0 Å². The molecule has 0 unspecified atom stereocenters. The van der Waals surface area contributed by atoms with Gasteiger partial charge in [0.15, 0.2) is 5.65 Å². The minimum Gasteiger partial charge on any atom is -0.398 e. The molecule has 0 radical (unpaired) electrons. The summed E-state index contributed by atoms with van der Waals surface area (Å²) in [6.45, 7) is 1.88. The third-order valence-corrected chi connectivity index (χ3v) is 3.25. The van der Waals surface area contributed by atoms with E-state index in [1.807, 2.05) is 13.0 Å². The first-order valence-electron chi connectivity index (χ1n) is 6.00. The lowest BCUT2D eigenvalue weighted by molar-refractivity contribution is 0.530. The normalized spacial score (nSPS) is 12.7. The maximum Gasteiger partial charge on any atom is 0.160 e. The fraction of sp³-hybridized carbons (Fsp3) is 0.143. The first-order valence-corrected chi connectivity index (χ1v) is 6.00. The number of nitrogen functional groups attached to an aromatic ring is 1. The number of benzene rings is 1. The number of fused-ring (bicyclic) bond motifs is 1. The van der Waals surface area contributed by atoms with E-state index in [0.717, 1.165) is 5.39 Å². The monoisotopic (exact) mass is 256 g/mol. The summed E-state index contributed by atoms with van der Waals surface area (Å²) in [4.78, 5) is 4.28. The third-order valence-electron chi connectivity index (χ3n) is 3.25. The molecule has 2 heterocycles. The average Bonchev–Trinajstić information content (AvgIpc) is 2.84. The summed E-state index contributed by atoms with van der Waals surface area (Å²) in [5, 5.41) is 5.06. The van der Waals surface area contributed by atoms with Gasteiger partial charge in [-0.1, -0.05) is 18.2 Å². The number of hydrogen-bond donors (Lipinski definition) is 1. The quantitative estimate of drug-likeness (QED) is 0.767. The minimum absolute atomic E-state index is 0.243. The summed E-state index contributed by atoms with van der Waals surface area (Å²) in [5.41, 5.74) is 7.74. The van der Waals surface area contributed by atoms with Gasteiger partial charge in [0, 0.05) is 17.4 Å². The van der Waals surface area contributed by atoms with Crippen molar-refractivity contribution in [3.05, 3.63) is 54.1 Å². The Kier molecular flexibility index (Phi) is 2.67. The van der Waals surface area contributed by atoms with Gasteiger partial charge in [-0.3, -0.25) is 0 Å². The van der Waals surface area contributed by atoms with Crippen LogP contribution in [0.1, 0.15) is 18.5 Å². The summed E-state index contributed by atoms with van der Waals surface area (Å²) in [6.07, 6.45) is 3.29. The van der Waals surface area contributed by atoms with Crippen LogP contribution in [0.15, 0.2) is 42.7 Å². The molecule has 1 aromatic carbocycles. The van der Waals surface area contributed by atoms with E-state index in [-0.39, 0.29) is 11.9 Å². The van der Waals surface area contributed by atoms with E-state index in [9.17, 15) is 4.39 Å². The van der Waals surface area contributed by atoms with Crippen LogP contribution in [0.4, 0.5) is 10.1 Å². The number of halogens is 1. The van der Waals surface area contributed by atoms with Crippen molar-refractivity contribution >= 4 is 16.7 Å². The Bertz CT molecular complexity index is 735. The Hall–Kier alpha value is -2.43. The van der Waals surface area contributed by atoms with Crippen molar-refractivity contribution in [3.8, 4) is 0 Å². The summed E-state index contributed by atoms with van der Waals surface area (Å²) < 4.78 is 15.5. The van der Waals surface area contributed by atoms with Gasteiger partial charge in [0.2, 0.25) is 0 Å². The number of nitrogens with two attached hydrogens (primary N) is 1. The molecular formula is C14H13FN4. The molecule has 2 N–H and O–H groups in total. The molecule has 0 spiro atoms. The smallest absolute Gasteiger partial charge is 0.160 e. The van der Waals surface area contributed by atoms with E-state index >= 15 is 0 Å². The number of pyridine rings is 1. The summed E-state index contributed by atoms with van der Waals surface area (Å²) in [7, 11) is 0. The van der Waals surface area contributed by atoms with E-state index < -0.39 is 0 Å². The summed E-state index contributed by atoms with van der Waals surface area (Å²) in [5.74, 6) is -0.248. The molecule has 0 aliphatic carbocycles. The second kappa shape index (κ2) is 4.35. The Morgan fingerprint density at radius 1 is 1.26 bits per heavy atom. The maximum absolute atomic E-state index is 13.8. The molecule has 2 aromatic heterocycles. The van der Waals surface area contributed by atoms with Crippen LogP contribution in [0, 0.1) is 5.82 Å². The van der Waals surface area contributed by atoms with E-state index in [4.69, 9.17) is 5.73 Å². The zero-order valence-corrected chi connectivity index (χ0v) is 10.4. The lowest BCUT2D eigenvalue weighted by Gasteiger charge is -2.14. The highest BCUT2D eigenvalue weighted by Crippen LogP contribution is 2.25. The average molecular weight is 256 g/mol. The number of nitrogens with zero attached hydrogens (tertiary/aromatic N) is 3. The van der Waals surface area contributed by atoms with Crippen molar-refractivity contribution in [1.82, 2.24) is 14.8 Å². The zero-order valence-electron chi connectivity index (χ0n) is 10.4. The van der Waals surface area contributed by atoms with Crippen molar-refractivity contribution in [2.75, 3.05) is 5.73 Å². The molecule has 96 valence electrons. The van der Waals surface area contributed by atoms with Gasteiger partial charge >= 0.3 is 0 Å². The van der Waals surface area contributed by atoms with Gasteiger partial charge in [-0.15, -0.1) is 0 Å². The molecule has 1 atom stereocenters. The molecule has 0 aliphatic heterocycles. The number of rotatable bonds is 2. The van der Waals surface area contributed by atoms with Gasteiger partial charge in [-0.05, 0) is 19.1 Å². The van der Waals surface area contributed by atoms with Gasteiger partial charge in [-0.25, -0.2) is 14.1 Å². The number of hydrogen-bond acceptors (Lipinski definition) is 3. The van der Waals surface area contributed by atoms with Crippen molar-refractivity contribution < 1.29 is 4.39 Å². The maximum atomic E-state index is 13.8. The van der Waals surface area contributed by atoms with Crippen LogP contribution in [0.3, 0.4) is 0 Å². The molecule has 3 aromatic rings. The van der Waals surface area contributed by atoms with Crippen LogP contribution in [-0.4, -0.2) is 14.8 Å². The Labute approximate surface area is 109 Å². The van der Waals surface area contributed by atoms with E-state index in [1.54, 1.807) is 35.3 Å². The Balaban J connectivity index is 2.15.